The zero-order chi connectivity index (χ0) is 14.5. The van der Waals surface area contributed by atoms with Gasteiger partial charge in [0.25, 0.3) is 0 Å². The van der Waals surface area contributed by atoms with Crippen molar-refractivity contribution in [2.75, 3.05) is 5.32 Å². The number of anilines is 1. The van der Waals surface area contributed by atoms with E-state index in [9.17, 15) is 9.90 Å². The molecule has 1 amide bonds. The molecule has 4 N–H and O–H groups in total. The molecule has 0 bridgehead atoms. The molecule has 0 aliphatic rings. The number of amides is 1. The fraction of sp³-hybridized carbons (Fsp3) is 0.188. The number of phenols is 1. The third kappa shape index (κ3) is 3.83. The van der Waals surface area contributed by atoms with Crippen molar-refractivity contribution < 1.29 is 9.90 Å². The quantitative estimate of drug-likeness (QED) is 0.797. The second-order valence-electron chi connectivity index (χ2n) is 4.83. The summed E-state index contributed by atoms with van der Waals surface area (Å²) in [5.74, 6) is -0.0200. The van der Waals surface area contributed by atoms with Gasteiger partial charge in [-0.25, -0.2) is 0 Å². The van der Waals surface area contributed by atoms with Crippen molar-refractivity contribution in [3.63, 3.8) is 0 Å². The molecule has 1 atom stereocenters. The highest BCUT2D eigenvalue weighted by molar-refractivity contribution is 5.94. The van der Waals surface area contributed by atoms with Gasteiger partial charge in [-0.05, 0) is 43.2 Å². The summed E-state index contributed by atoms with van der Waals surface area (Å²) in [6.07, 6.45) is 0.429. The van der Waals surface area contributed by atoms with E-state index in [1.165, 1.54) is 0 Å². The third-order valence-electron chi connectivity index (χ3n) is 3.05. The van der Waals surface area contributed by atoms with Crippen LogP contribution >= 0.6 is 0 Å². The van der Waals surface area contributed by atoms with E-state index in [1.807, 2.05) is 31.2 Å². The molecule has 0 saturated carbocycles. The van der Waals surface area contributed by atoms with Crippen LogP contribution in [0.5, 0.6) is 5.75 Å². The molecule has 0 fully saturated rings. The molecule has 2 rings (SSSR count). The Hall–Kier alpha value is -2.33. The van der Waals surface area contributed by atoms with Gasteiger partial charge in [0, 0.05) is 5.69 Å². The molecule has 4 heteroatoms. The second kappa shape index (κ2) is 6.21. The largest absolute Gasteiger partial charge is 0.508 e. The highest BCUT2D eigenvalue weighted by atomic mass is 16.3. The highest BCUT2D eigenvalue weighted by Gasteiger charge is 2.14. The van der Waals surface area contributed by atoms with E-state index in [0.717, 1.165) is 16.8 Å². The van der Waals surface area contributed by atoms with Gasteiger partial charge in [0.15, 0.2) is 0 Å². The first-order valence-corrected chi connectivity index (χ1v) is 6.45. The first kappa shape index (κ1) is 14.1. The number of hydrogen-bond acceptors (Lipinski definition) is 3. The van der Waals surface area contributed by atoms with Gasteiger partial charge in [0.1, 0.15) is 5.75 Å². The third-order valence-corrected chi connectivity index (χ3v) is 3.05. The number of phenolic OH excluding ortho intramolecular Hbond substituents is 1. The van der Waals surface area contributed by atoms with Crippen LogP contribution in [0.2, 0.25) is 0 Å². The SMILES string of the molecule is Cc1ccc(NC(=O)[C@H](N)Cc2ccc(O)cc2)cc1. The van der Waals surface area contributed by atoms with Crippen LogP contribution in [0.4, 0.5) is 5.69 Å². The smallest absolute Gasteiger partial charge is 0.241 e. The summed E-state index contributed by atoms with van der Waals surface area (Å²) < 4.78 is 0. The minimum absolute atomic E-state index is 0.200. The van der Waals surface area contributed by atoms with E-state index in [2.05, 4.69) is 5.32 Å². The number of rotatable bonds is 4. The van der Waals surface area contributed by atoms with E-state index in [-0.39, 0.29) is 11.7 Å². The van der Waals surface area contributed by atoms with Crippen LogP contribution < -0.4 is 11.1 Å². The Morgan fingerprint density at radius 2 is 1.75 bits per heavy atom. The molecular formula is C16H18N2O2. The van der Waals surface area contributed by atoms with Crippen molar-refractivity contribution in [2.45, 2.75) is 19.4 Å². The van der Waals surface area contributed by atoms with Gasteiger partial charge in [-0.1, -0.05) is 29.8 Å². The van der Waals surface area contributed by atoms with Gasteiger partial charge < -0.3 is 16.2 Å². The van der Waals surface area contributed by atoms with Gasteiger partial charge >= 0.3 is 0 Å². The van der Waals surface area contributed by atoms with Crippen LogP contribution in [0.25, 0.3) is 0 Å². The van der Waals surface area contributed by atoms with Crippen molar-refractivity contribution >= 4 is 11.6 Å². The molecule has 2 aromatic carbocycles. The maximum atomic E-state index is 12.0. The van der Waals surface area contributed by atoms with Gasteiger partial charge in [-0.2, -0.15) is 0 Å². The maximum Gasteiger partial charge on any atom is 0.241 e. The summed E-state index contributed by atoms with van der Waals surface area (Å²) >= 11 is 0. The number of carbonyl (C=O) groups is 1. The molecule has 0 aliphatic heterocycles. The van der Waals surface area contributed by atoms with Gasteiger partial charge in [-0.3, -0.25) is 4.79 Å². The summed E-state index contributed by atoms with van der Waals surface area (Å²) in [4.78, 5) is 12.0. The molecule has 104 valence electrons. The molecule has 0 radical (unpaired) electrons. The van der Waals surface area contributed by atoms with Crippen molar-refractivity contribution in [2.24, 2.45) is 5.73 Å². The Bertz CT molecular complexity index is 576. The first-order chi connectivity index (χ1) is 9.54. The molecule has 2 aromatic rings. The number of aromatic hydroxyl groups is 1. The zero-order valence-electron chi connectivity index (χ0n) is 11.3. The van der Waals surface area contributed by atoms with Crippen molar-refractivity contribution in [3.8, 4) is 5.75 Å². The summed E-state index contributed by atoms with van der Waals surface area (Å²) in [5.41, 5.74) is 8.68. The van der Waals surface area contributed by atoms with Crippen molar-refractivity contribution in [3.05, 3.63) is 59.7 Å². The Kier molecular flexibility index (Phi) is 4.38. The fourth-order valence-electron chi connectivity index (χ4n) is 1.85. The molecule has 0 saturated heterocycles. The lowest BCUT2D eigenvalue weighted by molar-refractivity contribution is -0.117. The van der Waals surface area contributed by atoms with Crippen LogP contribution in [0.1, 0.15) is 11.1 Å². The normalized spacial score (nSPS) is 11.9. The predicted molar refractivity (Wildman–Crippen MR) is 79.6 cm³/mol. The summed E-state index contributed by atoms with van der Waals surface area (Å²) in [5, 5.41) is 12.0. The number of carbonyl (C=O) groups excluding carboxylic acids is 1. The lowest BCUT2D eigenvalue weighted by atomic mass is 10.1. The summed E-state index contributed by atoms with van der Waals surface area (Å²) in [6, 6.07) is 13.6. The Balaban J connectivity index is 1.94. The number of nitrogens with one attached hydrogen (secondary N) is 1. The minimum Gasteiger partial charge on any atom is -0.508 e. The molecule has 0 spiro atoms. The topological polar surface area (TPSA) is 75.4 Å². The van der Waals surface area contributed by atoms with Gasteiger partial charge in [-0.15, -0.1) is 0 Å². The lowest BCUT2D eigenvalue weighted by Crippen LogP contribution is -2.37. The van der Waals surface area contributed by atoms with E-state index in [1.54, 1.807) is 24.3 Å². The van der Waals surface area contributed by atoms with E-state index < -0.39 is 6.04 Å². The summed E-state index contributed by atoms with van der Waals surface area (Å²) in [7, 11) is 0. The van der Waals surface area contributed by atoms with Crippen molar-refractivity contribution in [1.82, 2.24) is 0 Å². The average Bonchev–Trinajstić information content (AvgIpc) is 2.44. The van der Waals surface area contributed by atoms with Crippen LogP contribution in [0, 0.1) is 6.92 Å². The Morgan fingerprint density at radius 1 is 1.15 bits per heavy atom. The number of benzene rings is 2. The van der Waals surface area contributed by atoms with Crippen LogP contribution in [-0.2, 0) is 11.2 Å². The molecule has 20 heavy (non-hydrogen) atoms. The predicted octanol–water partition coefficient (Wildman–Crippen LogP) is 2.21. The second-order valence-corrected chi connectivity index (χ2v) is 4.83. The minimum atomic E-state index is -0.624. The van der Waals surface area contributed by atoms with E-state index in [0.29, 0.717) is 6.42 Å². The molecule has 0 unspecified atom stereocenters. The highest BCUT2D eigenvalue weighted by Crippen LogP contribution is 2.12. The van der Waals surface area contributed by atoms with E-state index >= 15 is 0 Å². The monoisotopic (exact) mass is 270 g/mol. The van der Waals surface area contributed by atoms with Crippen LogP contribution in [0.15, 0.2) is 48.5 Å². The molecule has 4 nitrogen and oxygen atoms in total. The number of nitrogens with two attached hydrogens (primary N) is 1. The Labute approximate surface area is 118 Å². The van der Waals surface area contributed by atoms with Gasteiger partial charge in [0.05, 0.1) is 6.04 Å². The molecule has 0 aliphatic carbocycles. The van der Waals surface area contributed by atoms with E-state index in [4.69, 9.17) is 5.73 Å². The molecule has 0 aromatic heterocycles. The maximum absolute atomic E-state index is 12.0. The van der Waals surface area contributed by atoms with Gasteiger partial charge in [0.2, 0.25) is 5.91 Å². The summed E-state index contributed by atoms with van der Waals surface area (Å²) in [6.45, 7) is 1.99. The fourth-order valence-corrected chi connectivity index (χ4v) is 1.85. The van der Waals surface area contributed by atoms with Crippen LogP contribution in [0.3, 0.4) is 0 Å². The lowest BCUT2D eigenvalue weighted by Gasteiger charge is -2.12. The average molecular weight is 270 g/mol. The first-order valence-electron chi connectivity index (χ1n) is 6.45. The number of hydrogen-bond donors (Lipinski definition) is 3. The zero-order valence-corrected chi connectivity index (χ0v) is 11.3. The number of aryl methyl sites for hydroxylation is 1. The van der Waals surface area contributed by atoms with Crippen molar-refractivity contribution in [1.29, 1.82) is 0 Å². The molecule has 0 heterocycles. The Morgan fingerprint density at radius 3 is 2.35 bits per heavy atom. The van der Waals surface area contributed by atoms with Crippen LogP contribution in [-0.4, -0.2) is 17.1 Å². The standard InChI is InChI=1S/C16H18N2O2/c1-11-2-6-13(7-3-11)18-16(20)15(17)10-12-4-8-14(19)9-5-12/h2-9,15,19H,10,17H2,1H3,(H,18,20)/t15-/m1/s1. The molecular weight excluding hydrogens is 252 g/mol.